The van der Waals surface area contributed by atoms with Crippen LogP contribution in [0.5, 0.6) is 5.75 Å². The van der Waals surface area contributed by atoms with Gasteiger partial charge in [0.25, 0.3) is 0 Å². The third kappa shape index (κ3) is 9.37. The summed E-state index contributed by atoms with van der Waals surface area (Å²) in [6, 6.07) is 18.4. The molecule has 3 aromatic rings. The molecule has 0 spiro atoms. The standard InChI is InChI=1S/C40H48F3N3O7S2/c1-39(2,3)33-10-6-5-9-31(33)26-16-20-46(21-17-26)38(48)36-23-30(25-54(36,49)50)28-12-13-32(34(22-28)40(41,42)43)27-14-18-45(19-15-27)37(47)24-29-8-4-7-11-35(29)53-55(44,51)52/h4-13,22,26-27,30,36H,14-21,23-25H2,1-3H3,(H2,44,51,52). The molecule has 3 heterocycles. The van der Waals surface area contributed by atoms with E-state index < -0.39 is 60.6 Å². The van der Waals surface area contributed by atoms with Gasteiger partial charge in [-0.05, 0) is 89.7 Å². The Hall–Kier alpha value is -3.95. The second kappa shape index (κ2) is 15.5. The predicted molar refractivity (Wildman–Crippen MR) is 203 cm³/mol. The van der Waals surface area contributed by atoms with Crippen molar-refractivity contribution in [1.82, 2.24) is 9.80 Å². The lowest BCUT2D eigenvalue weighted by atomic mass is 9.77. The molecule has 0 aliphatic carbocycles. The molecule has 0 radical (unpaired) electrons. The van der Waals surface area contributed by atoms with Crippen LogP contribution in [-0.2, 0) is 47.7 Å². The number of alkyl halides is 3. The number of hydrogen-bond donors (Lipinski definition) is 1. The lowest BCUT2D eigenvalue weighted by Gasteiger charge is -2.35. The number of sulfone groups is 1. The quantitative estimate of drug-likeness (QED) is 0.285. The van der Waals surface area contributed by atoms with Gasteiger partial charge in [-0.25, -0.2) is 8.42 Å². The molecule has 0 bridgehead atoms. The highest BCUT2D eigenvalue weighted by Gasteiger charge is 2.46. The molecule has 2 amide bonds. The Bertz CT molecular complexity index is 2140. The summed E-state index contributed by atoms with van der Waals surface area (Å²) >= 11 is 0. The molecule has 3 saturated heterocycles. The molecular weight excluding hydrogens is 756 g/mol. The number of nitrogens with zero attached hydrogens (tertiary/aromatic N) is 2. The summed E-state index contributed by atoms with van der Waals surface area (Å²) < 4.78 is 98.3. The Morgan fingerprint density at radius 1 is 0.800 bits per heavy atom. The minimum absolute atomic E-state index is 0.0503. The molecule has 298 valence electrons. The van der Waals surface area contributed by atoms with Gasteiger partial charge in [0.15, 0.2) is 9.84 Å². The third-order valence-electron chi connectivity index (χ3n) is 11.3. The van der Waals surface area contributed by atoms with Gasteiger partial charge < -0.3 is 14.0 Å². The van der Waals surface area contributed by atoms with E-state index in [9.17, 15) is 39.6 Å². The van der Waals surface area contributed by atoms with Crippen LogP contribution in [0.3, 0.4) is 0 Å². The Morgan fingerprint density at radius 3 is 1.96 bits per heavy atom. The van der Waals surface area contributed by atoms with Gasteiger partial charge in [0.1, 0.15) is 11.0 Å². The molecule has 3 aliphatic rings. The van der Waals surface area contributed by atoms with Gasteiger partial charge in [-0.15, -0.1) is 0 Å². The molecule has 10 nitrogen and oxygen atoms in total. The van der Waals surface area contributed by atoms with E-state index in [4.69, 9.17) is 9.32 Å². The van der Waals surface area contributed by atoms with E-state index in [2.05, 4.69) is 32.9 Å². The van der Waals surface area contributed by atoms with E-state index in [1.54, 1.807) is 17.0 Å². The van der Waals surface area contributed by atoms with Crippen molar-refractivity contribution in [1.29, 1.82) is 0 Å². The summed E-state index contributed by atoms with van der Waals surface area (Å²) in [4.78, 5) is 30.0. The first-order chi connectivity index (χ1) is 25.7. The number of likely N-dealkylation sites (tertiary alicyclic amines) is 2. The highest BCUT2D eigenvalue weighted by molar-refractivity contribution is 7.93. The van der Waals surface area contributed by atoms with Crippen LogP contribution in [0, 0.1) is 0 Å². The summed E-state index contributed by atoms with van der Waals surface area (Å²) in [5.41, 5.74) is 2.23. The molecule has 0 aromatic heterocycles. The SMILES string of the molecule is CC(C)(C)c1ccccc1C1CCN(C(=O)C2CC(c3ccc(C4CCN(C(=O)Cc5ccccc5OS(N)(=O)=O)CC4)c(C(F)(F)F)c3)CS2(=O)=O)CC1. The van der Waals surface area contributed by atoms with Crippen LogP contribution in [0.2, 0.25) is 0 Å². The van der Waals surface area contributed by atoms with Crippen molar-refractivity contribution < 1.29 is 43.8 Å². The normalized spacial score (nSPS) is 21.4. The first-order valence-corrected chi connectivity index (χ1v) is 21.8. The van der Waals surface area contributed by atoms with Gasteiger partial charge >= 0.3 is 16.5 Å². The maximum Gasteiger partial charge on any atom is 0.416 e. The first kappa shape index (κ1) is 40.7. The molecule has 2 N–H and O–H groups in total. The Kier molecular flexibility index (Phi) is 11.5. The Morgan fingerprint density at radius 2 is 1.36 bits per heavy atom. The average Bonchev–Trinajstić information content (AvgIpc) is 3.45. The maximum absolute atomic E-state index is 14.6. The smallest absolute Gasteiger partial charge is 0.371 e. The maximum atomic E-state index is 14.6. The van der Waals surface area contributed by atoms with Gasteiger partial charge in [-0.1, -0.05) is 75.4 Å². The third-order valence-corrected chi connectivity index (χ3v) is 13.9. The summed E-state index contributed by atoms with van der Waals surface area (Å²) in [5.74, 6) is -2.31. The summed E-state index contributed by atoms with van der Waals surface area (Å²) in [6.07, 6.45) is -3.06. The fourth-order valence-electron chi connectivity index (χ4n) is 8.51. The second-order valence-electron chi connectivity index (χ2n) is 16.0. The molecule has 2 unspecified atom stereocenters. The van der Waals surface area contributed by atoms with Crippen molar-refractivity contribution in [2.24, 2.45) is 5.14 Å². The highest BCUT2D eigenvalue weighted by atomic mass is 32.2. The number of hydrogen-bond acceptors (Lipinski definition) is 7. The minimum Gasteiger partial charge on any atom is -0.371 e. The van der Waals surface area contributed by atoms with Crippen molar-refractivity contribution in [2.45, 2.75) is 93.9 Å². The molecule has 3 fully saturated rings. The number of rotatable bonds is 8. The molecule has 3 aromatic carbocycles. The topological polar surface area (TPSA) is 144 Å². The van der Waals surface area contributed by atoms with Crippen LogP contribution in [0.25, 0.3) is 0 Å². The molecule has 6 rings (SSSR count). The van der Waals surface area contributed by atoms with Crippen LogP contribution in [-0.4, -0.2) is 75.6 Å². The fraction of sp³-hybridized carbons (Fsp3) is 0.500. The van der Waals surface area contributed by atoms with E-state index in [0.29, 0.717) is 31.5 Å². The van der Waals surface area contributed by atoms with Gasteiger partial charge in [0.2, 0.25) is 11.8 Å². The first-order valence-electron chi connectivity index (χ1n) is 18.6. The van der Waals surface area contributed by atoms with Crippen LogP contribution < -0.4 is 9.32 Å². The van der Waals surface area contributed by atoms with Crippen molar-refractivity contribution >= 4 is 32.0 Å². The monoisotopic (exact) mass is 803 g/mol. The summed E-state index contributed by atoms with van der Waals surface area (Å²) in [6.45, 7) is 7.68. The molecule has 2 atom stereocenters. The van der Waals surface area contributed by atoms with E-state index in [1.165, 1.54) is 40.3 Å². The number of benzene rings is 3. The largest absolute Gasteiger partial charge is 0.416 e. The van der Waals surface area contributed by atoms with Crippen LogP contribution in [0.4, 0.5) is 13.2 Å². The van der Waals surface area contributed by atoms with Crippen LogP contribution in [0.15, 0.2) is 66.7 Å². The molecular formula is C40H48F3N3O7S2. The Labute approximate surface area is 321 Å². The lowest BCUT2D eigenvalue weighted by Crippen LogP contribution is -2.45. The highest BCUT2D eigenvalue weighted by Crippen LogP contribution is 2.43. The summed E-state index contributed by atoms with van der Waals surface area (Å²) in [5, 5.41) is 3.69. The van der Waals surface area contributed by atoms with E-state index in [1.807, 2.05) is 12.1 Å². The number of para-hydroxylation sites is 1. The Balaban J connectivity index is 1.10. The van der Waals surface area contributed by atoms with Crippen LogP contribution >= 0.6 is 0 Å². The van der Waals surface area contributed by atoms with Crippen molar-refractivity contribution in [2.75, 3.05) is 31.9 Å². The molecule has 0 saturated carbocycles. The minimum atomic E-state index is -4.71. The molecule has 15 heteroatoms. The van der Waals surface area contributed by atoms with Gasteiger partial charge in [0.05, 0.1) is 17.7 Å². The van der Waals surface area contributed by atoms with Gasteiger partial charge in [-0.2, -0.15) is 26.7 Å². The summed E-state index contributed by atoms with van der Waals surface area (Å²) in [7, 11) is -8.22. The number of halogens is 3. The number of amides is 2. The average molecular weight is 804 g/mol. The number of piperidine rings is 2. The van der Waals surface area contributed by atoms with Gasteiger partial charge in [-0.3, -0.25) is 9.59 Å². The van der Waals surface area contributed by atoms with Crippen molar-refractivity contribution in [3.63, 3.8) is 0 Å². The molecule has 3 aliphatic heterocycles. The van der Waals surface area contributed by atoms with Crippen molar-refractivity contribution in [3.8, 4) is 5.75 Å². The van der Waals surface area contributed by atoms with Crippen molar-refractivity contribution in [3.05, 3.63) is 100 Å². The van der Waals surface area contributed by atoms with Crippen LogP contribution in [0.1, 0.15) is 104 Å². The lowest BCUT2D eigenvalue weighted by molar-refractivity contribution is -0.139. The van der Waals surface area contributed by atoms with E-state index in [-0.39, 0.29) is 72.9 Å². The second-order valence-corrected chi connectivity index (χ2v) is 19.4. The molecule has 55 heavy (non-hydrogen) atoms. The number of nitrogens with two attached hydrogens (primary N) is 1. The zero-order valence-electron chi connectivity index (χ0n) is 31.2. The predicted octanol–water partition coefficient (Wildman–Crippen LogP) is 6.21. The van der Waals surface area contributed by atoms with Gasteiger partial charge in [0, 0.05) is 31.7 Å². The van der Waals surface area contributed by atoms with E-state index >= 15 is 0 Å². The zero-order valence-corrected chi connectivity index (χ0v) is 32.9. The number of carbonyl (C=O) groups excluding carboxylic acids is 2. The van der Waals surface area contributed by atoms with E-state index in [0.717, 1.165) is 6.07 Å². The fourth-order valence-corrected chi connectivity index (χ4v) is 11.0. The number of carbonyl (C=O) groups is 2. The zero-order chi connectivity index (χ0) is 39.9.